The minimum atomic E-state index is -3.80. The summed E-state index contributed by atoms with van der Waals surface area (Å²) in [6.45, 7) is -3.84. The molecule has 0 saturated heterocycles. The third kappa shape index (κ3) is 5.39. The summed E-state index contributed by atoms with van der Waals surface area (Å²) in [5, 5.41) is 11.3. The van der Waals surface area contributed by atoms with Gasteiger partial charge in [0.1, 0.15) is 6.61 Å². The lowest BCUT2D eigenvalue weighted by Crippen LogP contribution is -2.19. The fourth-order valence-electron chi connectivity index (χ4n) is 2.36. The van der Waals surface area contributed by atoms with Crippen molar-refractivity contribution in [3.63, 3.8) is 0 Å². The standard InChI is InChI=1S/C17H16F2N2O8S/c1-20-30(25,26)12-5-3-4-10(6-12)16(22)28-9-11-7-14(27-2)15(29-17(18)19)8-13(11)21(23)24/h3-8,17,20H,9H2,1-2H3. The van der Waals surface area contributed by atoms with E-state index in [0.717, 1.165) is 25.3 Å². The highest BCUT2D eigenvalue weighted by Crippen LogP contribution is 2.36. The number of halogens is 2. The number of methoxy groups -OCH3 is 1. The summed E-state index contributed by atoms with van der Waals surface area (Å²) in [7, 11) is -1.46. The number of carbonyl (C=O) groups is 1. The Morgan fingerprint density at radius 1 is 1.23 bits per heavy atom. The van der Waals surface area contributed by atoms with Gasteiger partial charge >= 0.3 is 12.6 Å². The molecule has 1 N–H and O–H groups in total. The van der Waals surface area contributed by atoms with Crippen LogP contribution in [-0.2, 0) is 21.4 Å². The van der Waals surface area contributed by atoms with E-state index in [1.165, 1.54) is 25.2 Å². The highest BCUT2D eigenvalue weighted by atomic mass is 32.2. The molecule has 0 aliphatic heterocycles. The van der Waals surface area contributed by atoms with Gasteiger partial charge in [0.2, 0.25) is 10.0 Å². The van der Waals surface area contributed by atoms with Crippen molar-refractivity contribution in [1.29, 1.82) is 0 Å². The van der Waals surface area contributed by atoms with E-state index in [4.69, 9.17) is 9.47 Å². The zero-order valence-electron chi connectivity index (χ0n) is 15.6. The molecule has 0 aliphatic rings. The Balaban J connectivity index is 2.29. The number of hydrogen-bond donors (Lipinski definition) is 1. The third-order valence-electron chi connectivity index (χ3n) is 3.79. The van der Waals surface area contributed by atoms with E-state index in [-0.39, 0.29) is 21.8 Å². The fraction of sp³-hybridized carbons (Fsp3) is 0.235. The Hall–Kier alpha value is -3.32. The molecule has 0 aliphatic carbocycles. The van der Waals surface area contributed by atoms with Gasteiger partial charge in [-0.25, -0.2) is 17.9 Å². The first-order valence-electron chi connectivity index (χ1n) is 8.10. The monoisotopic (exact) mass is 446 g/mol. The first-order chi connectivity index (χ1) is 14.1. The second-order valence-electron chi connectivity index (χ2n) is 5.58. The first kappa shape index (κ1) is 23.0. The Morgan fingerprint density at radius 2 is 1.93 bits per heavy atom. The second kappa shape index (κ2) is 9.45. The number of nitrogens with one attached hydrogen (secondary N) is 1. The quantitative estimate of drug-likeness (QED) is 0.353. The van der Waals surface area contributed by atoms with Gasteiger partial charge in [-0.2, -0.15) is 8.78 Å². The molecule has 10 nitrogen and oxygen atoms in total. The molecule has 0 radical (unpaired) electrons. The van der Waals surface area contributed by atoms with Gasteiger partial charge in [-0.05, 0) is 31.3 Å². The van der Waals surface area contributed by atoms with Gasteiger partial charge < -0.3 is 14.2 Å². The van der Waals surface area contributed by atoms with Crippen LogP contribution in [0, 0.1) is 10.1 Å². The van der Waals surface area contributed by atoms with E-state index in [2.05, 4.69) is 9.46 Å². The summed E-state index contributed by atoms with van der Waals surface area (Å²) in [5.74, 6) is -1.74. The molecule has 0 heterocycles. The smallest absolute Gasteiger partial charge is 0.387 e. The number of benzene rings is 2. The van der Waals surface area contributed by atoms with Crippen molar-refractivity contribution in [1.82, 2.24) is 4.72 Å². The first-order valence-corrected chi connectivity index (χ1v) is 9.58. The number of nitro groups is 1. The molecule has 0 atom stereocenters. The van der Waals surface area contributed by atoms with Gasteiger partial charge in [0.05, 0.1) is 34.1 Å². The molecule has 30 heavy (non-hydrogen) atoms. The van der Waals surface area contributed by atoms with E-state index >= 15 is 0 Å². The second-order valence-corrected chi connectivity index (χ2v) is 7.47. The molecule has 0 spiro atoms. The molecular weight excluding hydrogens is 430 g/mol. The average Bonchev–Trinajstić information content (AvgIpc) is 2.71. The number of carbonyl (C=O) groups excluding carboxylic acids is 1. The molecule has 0 amide bonds. The number of sulfonamides is 1. The molecule has 0 bridgehead atoms. The van der Waals surface area contributed by atoms with Crippen molar-refractivity contribution < 1.29 is 41.1 Å². The average molecular weight is 446 g/mol. The zero-order chi connectivity index (χ0) is 22.5. The molecule has 0 aromatic heterocycles. The van der Waals surface area contributed by atoms with Crippen molar-refractivity contribution in [2.24, 2.45) is 0 Å². The number of nitrogens with zero attached hydrogens (tertiary/aromatic N) is 1. The minimum Gasteiger partial charge on any atom is -0.493 e. The highest BCUT2D eigenvalue weighted by molar-refractivity contribution is 7.89. The summed E-state index contributed by atoms with van der Waals surface area (Å²) in [6, 6.07) is 6.72. The molecule has 162 valence electrons. The van der Waals surface area contributed by atoms with Gasteiger partial charge in [-0.1, -0.05) is 6.07 Å². The highest BCUT2D eigenvalue weighted by Gasteiger charge is 2.23. The molecule has 0 unspecified atom stereocenters. The maximum atomic E-state index is 12.5. The number of alkyl halides is 2. The Kier molecular flexibility index (Phi) is 7.24. The predicted octanol–water partition coefficient (Wildman–Crippen LogP) is 2.47. The lowest BCUT2D eigenvalue weighted by atomic mass is 10.1. The number of ether oxygens (including phenoxy) is 3. The Morgan fingerprint density at radius 3 is 2.50 bits per heavy atom. The minimum absolute atomic E-state index is 0.112. The van der Waals surface area contributed by atoms with E-state index in [9.17, 15) is 32.1 Å². The predicted molar refractivity (Wildman–Crippen MR) is 98.1 cm³/mol. The molecule has 0 fully saturated rings. The summed E-state index contributed by atoms with van der Waals surface area (Å²) >= 11 is 0. The van der Waals surface area contributed by atoms with Crippen LogP contribution in [0.1, 0.15) is 15.9 Å². The van der Waals surface area contributed by atoms with E-state index in [1.807, 2.05) is 0 Å². The largest absolute Gasteiger partial charge is 0.493 e. The van der Waals surface area contributed by atoms with E-state index in [0.29, 0.717) is 0 Å². The van der Waals surface area contributed by atoms with Gasteiger partial charge in [-0.3, -0.25) is 10.1 Å². The van der Waals surface area contributed by atoms with Crippen LogP contribution in [0.5, 0.6) is 11.5 Å². The summed E-state index contributed by atoms with van der Waals surface area (Å²) in [5.41, 5.74) is -0.893. The molecular formula is C17H16F2N2O8S. The Labute approximate surface area is 169 Å². The van der Waals surface area contributed by atoms with Crippen molar-refractivity contribution in [2.45, 2.75) is 18.1 Å². The van der Waals surface area contributed by atoms with Crippen LogP contribution in [0.4, 0.5) is 14.5 Å². The van der Waals surface area contributed by atoms with E-state index in [1.54, 1.807) is 0 Å². The third-order valence-corrected chi connectivity index (χ3v) is 5.20. The van der Waals surface area contributed by atoms with Gasteiger partial charge in [0.15, 0.2) is 11.5 Å². The summed E-state index contributed by atoms with van der Waals surface area (Å²) < 4.78 is 64.9. The zero-order valence-corrected chi connectivity index (χ0v) is 16.4. The van der Waals surface area contributed by atoms with Crippen LogP contribution >= 0.6 is 0 Å². The summed E-state index contributed by atoms with van der Waals surface area (Å²) in [6.07, 6.45) is 0. The van der Waals surface area contributed by atoms with Gasteiger partial charge in [0, 0.05) is 0 Å². The van der Waals surface area contributed by atoms with Crippen molar-refractivity contribution >= 4 is 21.7 Å². The van der Waals surface area contributed by atoms with Crippen LogP contribution < -0.4 is 14.2 Å². The number of nitro benzene ring substituents is 1. The van der Waals surface area contributed by atoms with E-state index < -0.39 is 45.6 Å². The lowest BCUT2D eigenvalue weighted by molar-refractivity contribution is -0.386. The van der Waals surface area contributed by atoms with Crippen LogP contribution in [0.3, 0.4) is 0 Å². The number of hydrogen-bond acceptors (Lipinski definition) is 8. The molecule has 2 aromatic carbocycles. The van der Waals surface area contributed by atoms with Gasteiger partial charge in [-0.15, -0.1) is 0 Å². The lowest BCUT2D eigenvalue weighted by Gasteiger charge is -2.12. The molecule has 13 heteroatoms. The fourth-order valence-corrected chi connectivity index (χ4v) is 3.13. The van der Waals surface area contributed by atoms with Crippen LogP contribution in [-0.4, -0.2) is 40.1 Å². The van der Waals surface area contributed by atoms with Gasteiger partial charge in [0.25, 0.3) is 5.69 Å². The van der Waals surface area contributed by atoms with Crippen molar-refractivity contribution in [2.75, 3.05) is 14.2 Å². The molecule has 2 aromatic rings. The van der Waals surface area contributed by atoms with Crippen LogP contribution in [0.2, 0.25) is 0 Å². The van der Waals surface area contributed by atoms with Crippen molar-refractivity contribution in [3.8, 4) is 11.5 Å². The Bertz CT molecular complexity index is 1060. The van der Waals surface area contributed by atoms with Crippen molar-refractivity contribution in [3.05, 3.63) is 57.6 Å². The molecule has 0 saturated carbocycles. The number of rotatable bonds is 9. The maximum Gasteiger partial charge on any atom is 0.387 e. The van der Waals surface area contributed by atoms with Crippen LogP contribution in [0.25, 0.3) is 0 Å². The normalized spacial score (nSPS) is 11.2. The number of esters is 1. The summed E-state index contributed by atoms with van der Waals surface area (Å²) in [4.78, 5) is 22.5. The SMILES string of the molecule is CNS(=O)(=O)c1cccc(C(=O)OCc2cc(OC)c(OC(F)F)cc2[N+](=O)[O-])c1. The maximum absolute atomic E-state index is 12.5. The molecule has 2 rings (SSSR count). The topological polar surface area (TPSA) is 134 Å². The van der Waals surface area contributed by atoms with Crippen LogP contribution in [0.15, 0.2) is 41.3 Å².